The van der Waals surface area contributed by atoms with Crippen molar-refractivity contribution in [2.75, 3.05) is 0 Å². The van der Waals surface area contributed by atoms with Crippen LogP contribution in [0.15, 0.2) is 29.0 Å². The van der Waals surface area contributed by atoms with Crippen molar-refractivity contribution in [3.8, 4) is 0 Å². The first-order valence-corrected chi connectivity index (χ1v) is 6.59. The minimum Gasteiger partial charge on any atom is -0.320 e. The monoisotopic (exact) mass is 291 g/mol. The van der Waals surface area contributed by atoms with Gasteiger partial charge < -0.3 is 5.73 Å². The molecule has 0 amide bonds. The van der Waals surface area contributed by atoms with E-state index in [0.29, 0.717) is 15.1 Å². The van der Waals surface area contributed by atoms with Gasteiger partial charge in [-0.25, -0.2) is 0 Å². The molecule has 0 spiro atoms. The molecule has 0 saturated heterocycles. The lowest BCUT2D eigenvalue weighted by atomic mass is 10.0. The lowest BCUT2D eigenvalue weighted by molar-refractivity contribution is 0.877. The molecule has 84 valence electrons. The SMILES string of the molecule is N[C@@H](c1ccsc1)c1cc(Cl)cc(Cl)c1Cl. The number of nitrogens with two attached hydrogens (primary N) is 1. The van der Waals surface area contributed by atoms with Crippen LogP contribution in [-0.2, 0) is 0 Å². The van der Waals surface area contributed by atoms with Crippen LogP contribution < -0.4 is 5.73 Å². The molecule has 1 aromatic heterocycles. The van der Waals surface area contributed by atoms with E-state index in [0.717, 1.165) is 11.1 Å². The van der Waals surface area contributed by atoms with E-state index < -0.39 is 0 Å². The first-order valence-electron chi connectivity index (χ1n) is 4.51. The normalized spacial score (nSPS) is 12.8. The van der Waals surface area contributed by atoms with Crippen LogP contribution in [0.25, 0.3) is 0 Å². The van der Waals surface area contributed by atoms with Crippen LogP contribution in [0.5, 0.6) is 0 Å². The van der Waals surface area contributed by atoms with Gasteiger partial charge in [-0.15, -0.1) is 0 Å². The highest BCUT2D eigenvalue weighted by Crippen LogP contribution is 2.35. The van der Waals surface area contributed by atoms with E-state index in [2.05, 4.69) is 0 Å². The van der Waals surface area contributed by atoms with Crippen LogP contribution in [-0.4, -0.2) is 0 Å². The second-order valence-corrected chi connectivity index (χ2v) is 5.33. The van der Waals surface area contributed by atoms with Gasteiger partial charge in [0.15, 0.2) is 0 Å². The quantitative estimate of drug-likeness (QED) is 0.794. The highest BCUT2D eigenvalue weighted by Gasteiger charge is 2.15. The molecule has 0 unspecified atom stereocenters. The van der Waals surface area contributed by atoms with Gasteiger partial charge in [0.05, 0.1) is 16.1 Å². The van der Waals surface area contributed by atoms with Crippen molar-refractivity contribution >= 4 is 46.1 Å². The zero-order chi connectivity index (χ0) is 11.7. The zero-order valence-corrected chi connectivity index (χ0v) is 11.2. The summed E-state index contributed by atoms with van der Waals surface area (Å²) in [5.41, 5.74) is 7.86. The van der Waals surface area contributed by atoms with Crippen molar-refractivity contribution in [3.05, 3.63) is 55.2 Å². The summed E-state index contributed by atoms with van der Waals surface area (Å²) in [6.45, 7) is 0. The third kappa shape index (κ3) is 2.36. The third-order valence-electron chi connectivity index (χ3n) is 2.26. The molecular formula is C11H8Cl3NS. The standard InChI is InChI=1S/C11H8Cl3NS/c12-7-3-8(10(14)9(13)4-7)11(15)6-1-2-16-5-6/h1-5,11H,15H2/t11-/m0/s1. The molecule has 1 aromatic carbocycles. The van der Waals surface area contributed by atoms with E-state index in [9.17, 15) is 0 Å². The van der Waals surface area contributed by atoms with E-state index in [1.54, 1.807) is 23.5 Å². The van der Waals surface area contributed by atoms with Gasteiger partial charge in [0.25, 0.3) is 0 Å². The molecule has 5 heteroatoms. The summed E-state index contributed by atoms with van der Waals surface area (Å²) in [6, 6.07) is 5.02. The van der Waals surface area contributed by atoms with Gasteiger partial charge in [-0.05, 0) is 40.1 Å². The van der Waals surface area contributed by atoms with Gasteiger partial charge in [-0.3, -0.25) is 0 Å². The molecule has 0 aliphatic carbocycles. The summed E-state index contributed by atoms with van der Waals surface area (Å²) in [5, 5.41) is 5.38. The van der Waals surface area contributed by atoms with Gasteiger partial charge in [-0.1, -0.05) is 34.8 Å². The summed E-state index contributed by atoms with van der Waals surface area (Å²) in [5.74, 6) is 0. The van der Waals surface area contributed by atoms with E-state index >= 15 is 0 Å². The number of hydrogen-bond acceptors (Lipinski definition) is 2. The second-order valence-electron chi connectivity index (χ2n) is 3.33. The Morgan fingerprint density at radius 3 is 2.56 bits per heavy atom. The zero-order valence-electron chi connectivity index (χ0n) is 8.08. The fraction of sp³-hybridized carbons (Fsp3) is 0.0909. The van der Waals surface area contributed by atoms with Crippen molar-refractivity contribution < 1.29 is 0 Å². The topological polar surface area (TPSA) is 26.0 Å². The molecule has 1 atom stereocenters. The molecule has 2 rings (SSSR count). The fourth-order valence-electron chi connectivity index (χ4n) is 1.43. The van der Waals surface area contributed by atoms with Crippen LogP contribution in [0.2, 0.25) is 15.1 Å². The van der Waals surface area contributed by atoms with Crippen LogP contribution >= 0.6 is 46.1 Å². The molecule has 0 radical (unpaired) electrons. The summed E-state index contributed by atoms with van der Waals surface area (Å²) in [4.78, 5) is 0. The van der Waals surface area contributed by atoms with Gasteiger partial charge in [0.1, 0.15) is 0 Å². The first-order chi connectivity index (χ1) is 7.59. The van der Waals surface area contributed by atoms with E-state index in [4.69, 9.17) is 40.5 Å². The van der Waals surface area contributed by atoms with Crippen LogP contribution in [0.3, 0.4) is 0 Å². The number of benzene rings is 1. The Balaban J connectivity index is 2.48. The molecule has 2 N–H and O–H groups in total. The molecule has 0 saturated carbocycles. The predicted molar refractivity (Wildman–Crippen MR) is 71.8 cm³/mol. The van der Waals surface area contributed by atoms with Crippen LogP contribution in [0.1, 0.15) is 17.2 Å². The molecule has 0 fully saturated rings. The number of thiophene rings is 1. The van der Waals surface area contributed by atoms with Crippen LogP contribution in [0.4, 0.5) is 0 Å². The lowest BCUT2D eigenvalue weighted by Crippen LogP contribution is -2.11. The average molecular weight is 293 g/mol. The van der Waals surface area contributed by atoms with Gasteiger partial charge in [0.2, 0.25) is 0 Å². The third-order valence-corrected chi connectivity index (χ3v) is 3.99. The first kappa shape index (κ1) is 12.2. The maximum absolute atomic E-state index is 6.11. The Kier molecular flexibility index (Phi) is 3.77. The Labute approximate surface area is 113 Å². The number of halogens is 3. The Morgan fingerprint density at radius 1 is 1.19 bits per heavy atom. The largest absolute Gasteiger partial charge is 0.320 e. The summed E-state index contributed by atoms with van der Waals surface area (Å²) >= 11 is 19.6. The molecule has 16 heavy (non-hydrogen) atoms. The highest BCUT2D eigenvalue weighted by atomic mass is 35.5. The Hall–Kier alpha value is -0.250. The lowest BCUT2D eigenvalue weighted by Gasteiger charge is -2.13. The minimum absolute atomic E-state index is 0.296. The van der Waals surface area contributed by atoms with Gasteiger partial charge in [-0.2, -0.15) is 11.3 Å². The van der Waals surface area contributed by atoms with Crippen molar-refractivity contribution in [3.63, 3.8) is 0 Å². The maximum Gasteiger partial charge on any atom is 0.0644 e. The van der Waals surface area contributed by atoms with Crippen LogP contribution in [0, 0.1) is 0 Å². The van der Waals surface area contributed by atoms with Crippen molar-refractivity contribution in [1.82, 2.24) is 0 Å². The molecular weight excluding hydrogens is 285 g/mol. The fourth-order valence-corrected chi connectivity index (χ4v) is 2.87. The minimum atomic E-state index is -0.296. The average Bonchev–Trinajstić information content (AvgIpc) is 2.75. The van der Waals surface area contributed by atoms with Crippen molar-refractivity contribution in [2.24, 2.45) is 5.73 Å². The molecule has 1 nitrogen and oxygen atoms in total. The van der Waals surface area contributed by atoms with Crippen molar-refractivity contribution in [1.29, 1.82) is 0 Å². The van der Waals surface area contributed by atoms with E-state index in [1.165, 1.54) is 0 Å². The molecule has 2 aromatic rings. The van der Waals surface area contributed by atoms with Gasteiger partial charge in [0, 0.05) is 5.02 Å². The Bertz CT molecular complexity index is 496. The number of hydrogen-bond donors (Lipinski definition) is 1. The Morgan fingerprint density at radius 2 is 1.94 bits per heavy atom. The van der Waals surface area contributed by atoms with E-state index in [1.807, 2.05) is 16.8 Å². The van der Waals surface area contributed by atoms with E-state index in [-0.39, 0.29) is 6.04 Å². The van der Waals surface area contributed by atoms with Crippen molar-refractivity contribution in [2.45, 2.75) is 6.04 Å². The summed E-state index contributed by atoms with van der Waals surface area (Å²) in [7, 11) is 0. The number of rotatable bonds is 2. The maximum atomic E-state index is 6.11. The van der Waals surface area contributed by atoms with Gasteiger partial charge >= 0.3 is 0 Å². The molecule has 0 bridgehead atoms. The summed E-state index contributed by atoms with van der Waals surface area (Å²) in [6.07, 6.45) is 0. The molecule has 0 aliphatic heterocycles. The predicted octanol–water partition coefficient (Wildman–Crippen LogP) is 4.76. The molecule has 0 aliphatic rings. The smallest absolute Gasteiger partial charge is 0.0644 e. The molecule has 1 heterocycles. The summed E-state index contributed by atoms with van der Waals surface area (Å²) < 4.78 is 0. The second kappa shape index (κ2) is 4.94. The highest BCUT2D eigenvalue weighted by molar-refractivity contribution is 7.08.